The van der Waals surface area contributed by atoms with E-state index in [0.717, 1.165) is 0 Å². The Labute approximate surface area is 179 Å². The van der Waals surface area contributed by atoms with Gasteiger partial charge < -0.3 is 19.6 Å². The first-order valence-electron chi connectivity index (χ1n) is 9.66. The number of carbonyl (C=O) groups excluding carboxylic acids is 2. The highest BCUT2D eigenvalue weighted by Gasteiger charge is 2.30. The van der Waals surface area contributed by atoms with Crippen LogP contribution in [0.4, 0.5) is 5.82 Å². The third kappa shape index (κ3) is 4.97. The zero-order valence-electron chi connectivity index (χ0n) is 17.2. The lowest BCUT2D eigenvalue weighted by Gasteiger charge is -2.34. The van der Waals surface area contributed by atoms with Crippen molar-refractivity contribution in [3.8, 4) is 0 Å². The van der Waals surface area contributed by atoms with Crippen molar-refractivity contribution in [2.45, 2.75) is 31.7 Å². The van der Waals surface area contributed by atoms with Crippen LogP contribution in [0.25, 0.3) is 0 Å². The van der Waals surface area contributed by atoms with Gasteiger partial charge in [0.15, 0.2) is 5.78 Å². The van der Waals surface area contributed by atoms with Gasteiger partial charge in [0.2, 0.25) is 21.8 Å². The number of sulfonamides is 1. The molecule has 1 fully saturated rings. The zero-order valence-corrected chi connectivity index (χ0v) is 18.0. The standard InChI is InChI=1S/C19H23N5O6S/c1-14(25)16-4-3-5-17(12-16)31(29,30)23-10-8-21(9-11-23)19(26)6-7-22-13-18(24(27)28)20-15(22)2/h3-5,12-13H,6-11H2,1-2H3. The zero-order chi connectivity index (χ0) is 22.8. The molecule has 2 heterocycles. The third-order valence-corrected chi connectivity index (χ3v) is 7.08. The van der Waals surface area contributed by atoms with Crippen molar-refractivity contribution >= 4 is 27.5 Å². The van der Waals surface area contributed by atoms with Gasteiger partial charge in [0.25, 0.3) is 0 Å². The van der Waals surface area contributed by atoms with Crippen molar-refractivity contribution in [2.24, 2.45) is 0 Å². The molecule has 166 valence electrons. The van der Waals surface area contributed by atoms with Gasteiger partial charge in [0.1, 0.15) is 6.20 Å². The van der Waals surface area contributed by atoms with E-state index in [1.807, 2.05) is 0 Å². The predicted molar refractivity (Wildman–Crippen MR) is 110 cm³/mol. The molecule has 31 heavy (non-hydrogen) atoms. The third-order valence-electron chi connectivity index (χ3n) is 5.19. The molecule has 0 saturated carbocycles. The molecule has 0 spiro atoms. The molecule has 0 atom stereocenters. The molecule has 1 aromatic heterocycles. The van der Waals surface area contributed by atoms with E-state index in [-0.39, 0.29) is 61.5 Å². The average Bonchev–Trinajstić information content (AvgIpc) is 3.13. The Morgan fingerprint density at radius 1 is 1.19 bits per heavy atom. The van der Waals surface area contributed by atoms with Crippen molar-refractivity contribution in [1.82, 2.24) is 18.8 Å². The maximum absolute atomic E-state index is 12.9. The number of hydrogen-bond donors (Lipinski definition) is 0. The Kier molecular flexibility index (Phi) is 6.51. The first kappa shape index (κ1) is 22.6. The topological polar surface area (TPSA) is 136 Å². The number of aromatic nitrogens is 2. The van der Waals surface area contributed by atoms with E-state index in [9.17, 15) is 28.1 Å². The smallest absolute Gasteiger partial charge is 0.358 e. The molecular weight excluding hydrogens is 426 g/mol. The van der Waals surface area contributed by atoms with Crippen LogP contribution in [-0.2, 0) is 21.4 Å². The van der Waals surface area contributed by atoms with Crippen LogP contribution in [0.15, 0.2) is 35.4 Å². The molecule has 1 saturated heterocycles. The van der Waals surface area contributed by atoms with E-state index in [1.54, 1.807) is 22.5 Å². The van der Waals surface area contributed by atoms with Crippen molar-refractivity contribution in [2.75, 3.05) is 26.2 Å². The minimum absolute atomic E-state index is 0.0529. The molecule has 12 heteroatoms. The minimum Gasteiger partial charge on any atom is -0.358 e. The summed E-state index contributed by atoms with van der Waals surface area (Å²) in [6.45, 7) is 4.03. The molecule has 11 nitrogen and oxygen atoms in total. The van der Waals surface area contributed by atoms with E-state index in [0.29, 0.717) is 11.4 Å². The number of rotatable bonds is 7. The van der Waals surface area contributed by atoms with E-state index in [2.05, 4.69) is 4.98 Å². The fraction of sp³-hybridized carbons (Fsp3) is 0.421. The number of carbonyl (C=O) groups is 2. The number of piperazine rings is 1. The van der Waals surface area contributed by atoms with Crippen molar-refractivity contribution in [3.63, 3.8) is 0 Å². The highest BCUT2D eigenvalue weighted by molar-refractivity contribution is 7.89. The molecule has 0 unspecified atom stereocenters. The summed E-state index contributed by atoms with van der Waals surface area (Å²) in [5.74, 6) is -0.196. The van der Waals surface area contributed by atoms with Gasteiger partial charge >= 0.3 is 5.82 Å². The number of imidazole rings is 1. The second-order valence-corrected chi connectivity index (χ2v) is 9.15. The summed E-state index contributed by atoms with van der Waals surface area (Å²) in [4.78, 5) is 39.7. The monoisotopic (exact) mass is 449 g/mol. The average molecular weight is 449 g/mol. The Balaban J connectivity index is 1.58. The van der Waals surface area contributed by atoms with Crippen molar-refractivity contribution in [3.05, 3.63) is 52.0 Å². The van der Waals surface area contributed by atoms with Gasteiger partial charge in [-0.1, -0.05) is 12.1 Å². The lowest BCUT2D eigenvalue weighted by Crippen LogP contribution is -2.50. The largest absolute Gasteiger partial charge is 0.381 e. The maximum Gasteiger partial charge on any atom is 0.381 e. The summed E-state index contributed by atoms with van der Waals surface area (Å²) >= 11 is 0. The summed E-state index contributed by atoms with van der Waals surface area (Å²) in [7, 11) is -3.77. The summed E-state index contributed by atoms with van der Waals surface area (Å²) in [6, 6.07) is 5.91. The van der Waals surface area contributed by atoms with Crippen LogP contribution in [0.5, 0.6) is 0 Å². The van der Waals surface area contributed by atoms with E-state index >= 15 is 0 Å². The van der Waals surface area contributed by atoms with Crippen molar-refractivity contribution < 1.29 is 22.9 Å². The molecule has 0 bridgehead atoms. The summed E-state index contributed by atoms with van der Waals surface area (Å²) in [5.41, 5.74) is 0.324. The maximum atomic E-state index is 12.9. The number of benzene rings is 1. The number of aryl methyl sites for hydroxylation is 2. The minimum atomic E-state index is -3.77. The first-order chi connectivity index (χ1) is 14.6. The molecule has 1 aliphatic heterocycles. The second kappa shape index (κ2) is 8.94. The van der Waals surface area contributed by atoms with Crippen LogP contribution in [0, 0.1) is 17.0 Å². The quantitative estimate of drug-likeness (QED) is 0.352. The molecule has 0 radical (unpaired) electrons. The number of ketones is 1. The molecule has 3 rings (SSSR count). The van der Waals surface area contributed by atoms with Gasteiger partial charge in [0.05, 0.1) is 4.90 Å². The van der Waals surface area contributed by atoms with E-state index in [1.165, 1.54) is 35.6 Å². The Bertz CT molecular complexity index is 1120. The summed E-state index contributed by atoms with van der Waals surface area (Å²) in [6.07, 6.45) is 1.42. The van der Waals surface area contributed by atoms with Gasteiger partial charge in [-0.25, -0.2) is 8.42 Å². The van der Waals surface area contributed by atoms with Crippen LogP contribution in [0.3, 0.4) is 0 Å². The van der Waals surface area contributed by atoms with Gasteiger partial charge in [-0.05, 0) is 29.0 Å². The Morgan fingerprint density at radius 2 is 1.87 bits per heavy atom. The van der Waals surface area contributed by atoms with Crippen molar-refractivity contribution in [1.29, 1.82) is 0 Å². The summed E-state index contributed by atoms with van der Waals surface area (Å²) in [5, 5.41) is 10.8. The van der Waals surface area contributed by atoms with Crippen LogP contribution in [0.1, 0.15) is 29.5 Å². The molecular formula is C19H23N5O6S. The number of hydrogen-bond acceptors (Lipinski definition) is 7. The number of amides is 1. The lowest BCUT2D eigenvalue weighted by molar-refractivity contribution is -0.389. The fourth-order valence-electron chi connectivity index (χ4n) is 3.38. The number of Topliss-reactive ketones (excluding diaryl/α,β-unsaturated/α-hetero) is 1. The van der Waals surface area contributed by atoms with Crippen LogP contribution < -0.4 is 0 Å². The van der Waals surface area contributed by atoms with Gasteiger partial charge in [-0.2, -0.15) is 4.31 Å². The Hall–Kier alpha value is -3.12. The second-order valence-electron chi connectivity index (χ2n) is 7.22. The normalized spacial score (nSPS) is 15.1. The highest BCUT2D eigenvalue weighted by atomic mass is 32.2. The molecule has 1 aromatic carbocycles. The predicted octanol–water partition coefficient (Wildman–Crippen LogP) is 1.23. The molecule has 1 amide bonds. The SMILES string of the molecule is CC(=O)c1cccc(S(=O)(=O)N2CCN(C(=O)CCn3cc([N+](=O)[O-])nc3C)CC2)c1. The Morgan fingerprint density at radius 3 is 2.45 bits per heavy atom. The van der Waals surface area contributed by atoms with Crippen LogP contribution >= 0.6 is 0 Å². The molecule has 0 N–H and O–H groups in total. The van der Waals surface area contributed by atoms with E-state index < -0.39 is 14.9 Å². The first-order valence-corrected chi connectivity index (χ1v) is 11.1. The highest BCUT2D eigenvalue weighted by Crippen LogP contribution is 2.20. The lowest BCUT2D eigenvalue weighted by atomic mass is 10.2. The van der Waals surface area contributed by atoms with Gasteiger partial charge in [-0.15, -0.1) is 0 Å². The van der Waals surface area contributed by atoms with Gasteiger partial charge in [-0.3, -0.25) is 9.59 Å². The van der Waals surface area contributed by atoms with Gasteiger partial charge in [0, 0.05) is 51.6 Å². The number of nitrogens with zero attached hydrogens (tertiary/aromatic N) is 5. The summed E-state index contributed by atoms with van der Waals surface area (Å²) < 4.78 is 28.6. The van der Waals surface area contributed by atoms with Crippen LogP contribution in [-0.4, -0.2) is 70.0 Å². The van der Waals surface area contributed by atoms with E-state index in [4.69, 9.17) is 0 Å². The fourth-order valence-corrected chi connectivity index (χ4v) is 4.85. The molecule has 1 aliphatic rings. The molecule has 0 aliphatic carbocycles. The van der Waals surface area contributed by atoms with Crippen LogP contribution in [0.2, 0.25) is 0 Å². The number of nitro groups is 1. The molecule has 2 aromatic rings.